The predicted molar refractivity (Wildman–Crippen MR) is 110 cm³/mol. The zero-order chi connectivity index (χ0) is 20.0. The van der Waals surface area contributed by atoms with Crippen LogP contribution >= 0.6 is 0 Å². The van der Waals surface area contributed by atoms with Gasteiger partial charge < -0.3 is 9.96 Å². The van der Waals surface area contributed by atoms with Crippen LogP contribution in [-0.2, 0) is 0 Å². The monoisotopic (exact) mass is 388 g/mol. The van der Waals surface area contributed by atoms with Crippen molar-refractivity contribution in [2.24, 2.45) is 5.73 Å². The number of hydrogen-bond donors (Lipinski definition) is 1. The van der Waals surface area contributed by atoms with Gasteiger partial charge in [-0.25, -0.2) is 0 Å². The molecule has 0 spiro atoms. The predicted octanol–water partition coefficient (Wildman–Crippen LogP) is 3.37. The summed E-state index contributed by atoms with van der Waals surface area (Å²) in [5.41, 5.74) is 6.08. The molecule has 0 aliphatic carbocycles. The molecule has 0 fully saturated rings. The molecule has 0 saturated carbocycles. The molecule has 140 valence electrons. The highest BCUT2D eigenvalue weighted by molar-refractivity contribution is 6.92. The van der Waals surface area contributed by atoms with Gasteiger partial charge in [0, 0.05) is 24.8 Å². The lowest BCUT2D eigenvalue weighted by atomic mass is 10.3. The van der Waals surface area contributed by atoms with Crippen molar-refractivity contribution in [2.75, 3.05) is 0 Å². The lowest BCUT2D eigenvalue weighted by Crippen LogP contribution is -2.61. The molecule has 0 atom stereocenters. The third-order valence-electron chi connectivity index (χ3n) is 3.40. The van der Waals surface area contributed by atoms with E-state index in [9.17, 15) is 9.59 Å². The number of primary amides is 1. The number of nitrogens with two attached hydrogens (primary N) is 1. The molecule has 2 heterocycles. The molecule has 0 saturated heterocycles. The van der Waals surface area contributed by atoms with Crippen LogP contribution in [0.15, 0.2) is 49.1 Å². The molecule has 26 heavy (non-hydrogen) atoms. The molecule has 0 aliphatic heterocycles. The number of carbonyl (C=O) groups excluding carboxylic acids is 2. The Morgan fingerprint density at radius 2 is 1.27 bits per heavy atom. The van der Waals surface area contributed by atoms with Gasteiger partial charge in [0.05, 0.1) is 11.1 Å². The third-order valence-corrected chi connectivity index (χ3v) is 10.5. The highest BCUT2D eigenvalue weighted by atomic mass is 28.4. The normalized spacial score (nSPS) is 11.2. The molecule has 0 unspecified atom stereocenters. The summed E-state index contributed by atoms with van der Waals surface area (Å²) in [6, 6.07) is 6.96. The van der Waals surface area contributed by atoms with Gasteiger partial charge in [0.15, 0.2) is 0 Å². The highest BCUT2D eigenvalue weighted by Crippen LogP contribution is 2.22. The maximum absolute atomic E-state index is 12.6. The third kappa shape index (κ3) is 6.53. The Labute approximate surface area is 157 Å². The Bertz CT molecular complexity index is 712. The summed E-state index contributed by atoms with van der Waals surface area (Å²) in [6.07, 6.45) is 6.38. The van der Waals surface area contributed by atoms with Crippen molar-refractivity contribution in [2.45, 2.75) is 39.3 Å². The van der Waals surface area contributed by atoms with Crippen LogP contribution in [-0.4, -0.2) is 42.5 Å². The highest BCUT2D eigenvalue weighted by Gasteiger charge is 2.38. The van der Waals surface area contributed by atoms with Crippen molar-refractivity contribution in [1.82, 2.24) is 14.2 Å². The van der Waals surface area contributed by atoms with Gasteiger partial charge >= 0.3 is 0 Å². The lowest BCUT2D eigenvalue weighted by molar-refractivity contribution is 0.0907. The Morgan fingerprint density at radius 3 is 1.54 bits per heavy atom. The number of hydrogen-bond acceptors (Lipinski definition) is 4. The molecule has 0 bridgehead atoms. The van der Waals surface area contributed by atoms with Gasteiger partial charge in [0.1, 0.15) is 16.5 Å². The first-order chi connectivity index (χ1) is 11.9. The van der Waals surface area contributed by atoms with E-state index in [-0.39, 0.29) is 5.91 Å². The van der Waals surface area contributed by atoms with E-state index >= 15 is 0 Å². The maximum Gasteiger partial charge on any atom is 0.250 e. The minimum Gasteiger partial charge on any atom is -0.392 e. The average Bonchev–Trinajstić information content (AvgIpc) is 2.54. The van der Waals surface area contributed by atoms with Crippen molar-refractivity contribution < 1.29 is 9.59 Å². The van der Waals surface area contributed by atoms with Crippen LogP contribution in [0.4, 0.5) is 0 Å². The summed E-state index contributed by atoms with van der Waals surface area (Å²) in [5, 5.41) is 0. The molecular formula is C18H28N4O2Si2. The van der Waals surface area contributed by atoms with Crippen molar-refractivity contribution >= 4 is 28.3 Å². The first-order valence-corrected chi connectivity index (χ1v) is 15.3. The van der Waals surface area contributed by atoms with Gasteiger partial charge in [-0.1, -0.05) is 39.3 Å². The van der Waals surface area contributed by atoms with E-state index in [1.54, 1.807) is 30.7 Å². The van der Waals surface area contributed by atoms with Gasteiger partial charge in [0.25, 0.3) is 0 Å². The summed E-state index contributed by atoms with van der Waals surface area (Å²) >= 11 is 0. The van der Waals surface area contributed by atoms with Crippen molar-refractivity contribution in [3.63, 3.8) is 0 Å². The van der Waals surface area contributed by atoms with Gasteiger partial charge in [-0.3, -0.25) is 19.6 Å². The average molecular weight is 389 g/mol. The quantitative estimate of drug-likeness (QED) is 0.813. The maximum atomic E-state index is 12.6. The molecule has 2 rings (SSSR count). The van der Waals surface area contributed by atoms with Gasteiger partial charge in [0.2, 0.25) is 11.8 Å². The molecule has 6 nitrogen and oxygen atoms in total. The SMILES string of the molecule is C[Si](C)(C)N(C(=O)c1cccnc1)[Si](C)(C)C.NC(=O)c1cccnc1. The summed E-state index contributed by atoms with van der Waals surface area (Å²) in [7, 11) is -3.30. The van der Waals surface area contributed by atoms with Crippen LogP contribution in [0, 0.1) is 0 Å². The fourth-order valence-electron chi connectivity index (χ4n) is 2.74. The van der Waals surface area contributed by atoms with E-state index in [1.807, 2.05) is 12.1 Å². The number of carbonyl (C=O) groups is 2. The van der Waals surface area contributed by atoms with E-state index in [4.69, 9.17) is 5.73 Å². The van der Waals surface area contributed by atoms with E-state index in [1.165, 1.54) is 6.20 Å². The minimum atomic E-state index is -1.65. The van der Waals surface area contributed by atoms with Gasteiger partial charge in [-0.15, -0.1) is 0 Å². The zero-order valence-corrected chi connectivity index (χ0v) is 18.4. The van der Waals surface area contributed by atoms with Crippen molar-refractivity contribution in [3.05, 3.63) is 60.2 Å². The Morgan fingerprint density at radius 1 is 0.846 bits per heavy atom. The summed E-state index contributed by atoms with van der Waals surface area (Å²) in [4.78, 5) is 30.7. The Balaban J connectivity index is 0.000000314. The lowest BCUT2D eigenvalue weighted by Gasteiger charge is -2.43. The Hall–Kier alpha value is -2.33. The number of rotatable bonds is 4. The molecule has 0 radical (unpaired) electrons. The largest absolute Gasteiger partial charge is 0.392 e. The van der Waals surface area contributed by atoms with Gasteiger partial charge in [-0.05, 0) is 24.3 Å². The zero-order valence-electron chi connectivity index (χ0n) is 16.4. The summed E-state index contributed by atoms with van der Waals surface area (Å²) < 4.78 is 2.18. The van der Waals surface area contributed by atoms with E-state index < -0.39 is 22.4 Å². The Kier molecular flexibility index (Phi) is 7.40. The van der Waals surface area contributed by atoms with E-state index in [2.05, 4.69) is 53.5 Å². The topological polar surface area (TPSA) is 89.2 Å². The summed E-state index contributed by atoms with van der Waals surface area (Å²) in [5.74, 6) is -0.292. The van der Waals surface area contributed by atoms with Crippen molar-refractivity contribution in [3.8, 4) is 0 Å². The number of aromatic nitrogens is 2. The second-order valence-corrected chi connectivity index (χ2v) is 17.9. The number of amides is 2. The number of pyridine rings is 2. The minimum absolute atomic E-state index is 0.149. The number of nitrogens with zero attached hydrogens (tertiary/aromatic N) is 3. The molecule has 8 heteroatoms. The van der Waals surface area contributed by atoms with Crippen LogP contribution in [0.5, 0.6) is 0 Å². The molecule has 2 aromatic heterocycles. The molecular weight excluding hydrogens is 360 g/mol. The second-order valence-electron chi connectivity index (χ2n) is 7.83. The fraction of sp³-hybridized carbons (Fsp3) is 0.333. The van der Waals surface area contributed by atoms with Crippen LogP contribution in [0.2, 0.25) is 39.3 Å². The summed E-state index contributed by atoms with van der Waals surface area (Å²) in [6.45, 7) is 13.3. The fourth-order valence-corrected chi connectivity index (χ4v) is 12.3. The van der Waals surface area contributed by atoms with Crippen molar-refractivity contribution in [1.29, 1.82) is 0 Å². The van der Waals surface area contributed by atoms with Crippen LogP contribution in [0.3, 0.4) is 0 Å². The molecule has 0 aliphatic rings. The van der Waals surface area contributed by atoms with Gasteiger partial charge in [-0.2, -0.15) is 0 Å². The van der Waals surface area contributed by atoms with Crippen LogP contribution < -0.4 is 5.73 Å². The van der Waals surface area contributed by atoms with E-state index in [0.717, 1.165) is 0 Å². The molecule has 2 N–H and O–H groups in total. The second kappa shape index (κ2) is 8.86. The molecule has 2 aromatic rings. The first-order valence-electron chi connectivity index (χ1n) is 8.39. The molecule has 2 amide bonds. The van der Waals surface area contributed by atoms with Crippen LogP contribution in [0.1, 0.15) is 20.7 Å². The standard InChI is InChI=1S/C12H22N2OSi2.C6H6N2O/c1-16(2,3)14(17(4,5)6)12(15)11-8-7-9-13-10-11;7-6(9)5-2-1-3-8-4-5/h7-10H,1-6H3;1-4H,(H2,7,9). The molecule has 0 aromatic carbocycles. The van der Waals surface area contributed by atoms with E-state index in [0.29, 0.717) is 11.1 Å². The first kappa shape index (κ1) is 21.7. The smallest absolute Gasteiger partial charge is 0.250 e. The van der Waals surface area contributed by atoms with Crippen LogP contribution in [0.25, 0.3) is 0 Å².